The number of carboxylic acid groups (broad SMARTS) is 1. The predicted molar refractivity (Wildman–Crippen MR) is 61.4 cm³/mol. The van der Waals surface area contributed by atoms with Crippen LogP contribution in [0.5, 0.6) is 0 Å². The van der Waals surface area contributed by atoms with E-state index in [4.69, 9.17) is 16.7 Å². The third kappa shape index (κ3) is 3.21. The highest BCUT2D eigenvalue weighted by molar-refractivity contribution is 6.35. The lowest BCUT2D eigenvalue weighted by Gasteiger charge is -2.12. The molecule has 1 rings (SSSR count). The van der Waals surface area contributed by atoms with Crippen molar-refractivity contribution in [1.29, 1.82) is 0 Å². The first-order valence-corrected chi connectivity index (χ1v) is 5.05. The van der Waals surface area contributed by atoms with Crippen molar-refractivity contribution in [3.63, 3.8) is 0 Å². The van der Waals surface area contributed by atoms with Gasteiger partial charge in [-0.15, -0.1) is 0 Å². The maximum absolute atomic E-state index is 11.5. The molecular weight excluding hydrogens is 228 g/mol. The Bertz CT molecular complexity index is 412. The molecule has 0 radical (unpaired) electrons. The number of allylic oxidation sites excluding steroid dienone is 1. The van der Waals surface area contributed by atoms with E-state index < -0.39 is 17.7 Å². The average Bonchev–Trinajstić information content (AvgIpc) is 2.26. The molecule has 0 spiro atoms. The van der Waals surface area contributed by atoms with Crippen molar-refractivity contribution in [1.82, 2.24) is 0 Å². The molecule has 1 aromatic carbocycles. The lowest BCUT2D eigenvalue weighted by atomic mass is 9.91. The smallest absolute Gasteiger partial charge is 0.372 e. The largest absolute Gasteiger partial charge is 0.475 e. The van der Waals surface area contributed by atoms with Gasteiger partial charge in [-0.1, -0.05) is 48.5 Å². The highest BCUT2D eigenvalue weighted by Gasteiger charge is 2.26. The third-order valence-electron chi connectivity index (χ3n) is 2.15. The van der Waals surface area contributed by atoms with Gasteiger partial charge in [-0.2, -0.15) is 0 Å². The highest BCUT2D eigenvalue weighted by Crippen LogP contribution is 2.25. The van der Waals surface area contributed by atoms with E-state index >= 15 is 0 Å². The fourth-order valence-corrected chi connectivity index (χ4v) is 1.57. The summed E-state index contributed by atoms with van der Waals surface area (Å²) in [5, 5.41) is 8.97. The van der Waals surface area contributed by atoms with E-state index in [1.54, 1.807) is 30.3 Å². The van der Waals surface area contributed by atoms with Gasteiger partial charge < -0.3 is 5.11 Å². The lowest BCUT2D eigenvalue weighted by Crippen LogP contribution is -2.21. The van der Waals surface area contributed by atoms with Crippen molar-refractivity contribution in [3.05, 3.63) is 47.5 Å². The molecule has 1 aromatic rings. The molecular formula is C12H11ClO3. The van der Waals surface area contributed by atoms with Crippen LogP contribution in [0, 0.1) is 0 Å². The molecule has 1 N–H and O–H groups in total. The molecule has 0 aliphatic heterocycles. The molecule has 1 unspecified atom stereocenters. The molecule has 4 heteroatoms. The Morgan fingerprint density at radius 2 is 1.88 bits per heavy atom. The molecule has 1 atom stereocenters. The zero-order chi connectivity index (χ0) is 12.1. The number of halogens is 1. The maximum Gasteiger partial charge on any atom is 0.372 e. The summed E-state index contributed by atoms with van der Waals surface area (Å²) in [5.74, 6) is -3.08. The summed E-state index contributed by atoms with van der Waals surface area (Å²) in [6.07, 6.45) is 0.136. The molecule has 3 nitrogen and oxygen atoms in total. The number of benzene rings is 1. The first kappa shape index (κ1) is 12.5. The van der Waals surface area contributed by atoms with E-state index in [1.807, 2.05) is 0 Å². The van der Waals surface area contributed by atoms with Crippen molar-refractivity contribution in [2.24, 2.45) is 0 Å². The van der Waals surface area contributed by atoms with Crippen LogP contribution in [0.25, 0.3) is 0 Å². The lowest BCUT2D eigenvalue weighted by molar-refractivity contribution is -0.149. The SMILES string of the molecule is C=C(Cl)CC(C(=O)C(=O)O)c1ccccc1. The standard InChI is InChI=1S/C12H11ClO3/c1-8(13)7-10(11(14)12(15)16)9-5-3-2-4-6-9/h2-6,10H,1,7H2,(H,15,16). The Morgan fingerprint density at radius 1 is 1.31 bits per heavy atom. The quantitative estimate of drug-likeness (QED) is 0.802. The molecule has 0 amide bonds. The summed E-state index contributed by atoms with van der Waals surface area (Å²) in [4.78, 5) is 22.2. The van der Waals surface area contributed by atoms with Gasteiger partial charge in [0.2, 0.25) is 5.78 Å². The molecule has 0 fully saturated rings. The molecule has 84 valence electrons. The first-order chi connectivity index (χ1) is 7.52. The Morgan fingerprint density at radius 3 is 2.31 bits per heavy atom. The van der Waals surface area contributed by atoms with E-state index in [2.05, 4.69) is 6.58 Å². The van der Waals surface area contributed by atoms with Gasteiger partial charge in [-0.05, 0) is 12.0 Å². The number of ketones is 1. The Labute approximate surface area is 98.4 Å². The fraction of sp³-hybridized carbons (Fsp3) is 0.167. The molecule has 16 heavy (non-hydrogen) atoms. The molecule has 0 bridgehead atoms. The molecule has 0 heterocycles. The minimum Gasteiger partial charge on any atom is -0.475 e. The van der Waals surface area contributed by atoms with Crippen LogP contribution < -0.4 is 0 Å². The Hall–Kier alpha value is -1.61. The third-order valence-corrected chi connectivity index (χ3v) is 2.31. The topological polar surface area (TPSA) is 54.4 Å². The molecule has 0 saturated carbocycles. The van der Waals surface area contributed by atoms with Gasteiger partial charge in [-0.25, -0.2) is 4.79 Å². The minimum atomic E-state index is -1.45. The summed E-state index contributed by atoms with van der Waals surface area (Å²) >= 11 is 5.63. The van der Waals surface area contributed by atoms with Crippen molar-refractivity contribution in [2.45, 2.75) is 12.3 Å². The van der Waals surface area contributed by atoms with E-state index in [9.17, 15) is 9.59 Å². The number of aliphatic carboxylic acids is 1. The van der Waals surface area contributed by atoms with Crippen LogP contribution in [0.15, 0.2) is 41.9 Å². The van der Waals surface area contributed by atoms with Gasteiger partial charge in [0.05, 0.1) is 5.92 Å². The monoisotopic (exact) mass is 238 g/mol. The number of rotatable bonds is 5. The number of carboxylic acids is 1. The fourth-order valence-electron chi connectivity index (χ4n) is 1.42. The summed E-state index contributed by atoms with van der Waals surface area (Å²) in [6.45, 7) is 3.48. The predicted octanol–water partition coefficient (Wildman–Crippen LogP) is 2.57. The zero-order valence-corrected chi connectivity index (χ0v) is 9.28. The van der Waals surface area contributed by atoms with Gasteiger partial charge in [0.1, 0.15) is 0 Å². The number of carbonyl (C=O) groups is 2. The Balaban J connectivity index is 3.01. The van der Waals surface area contributed by atoms with Crippen molar-refractivity contribution in [2.75, 3.05) is 0 Å². The van der Waals surface area contributed by atoms with Gasteiger partial charge in [-0.3, -0.25) is 4.79 Å². The first-order valence-electron chi connectivity index (χ1n) is 4.67. The van der Waals surface area contributed by atoms with E-state index in [0.29, 0.717) is 5.56 Å². The zero-order valence-electron chi connectivity index (χ0n) is 8.52. The van der Waals surface area contributed by atoms with Crippen LogP contribution in [-0.2, 0) is 9.59 Å². The van der Waals surface area contributed by atoms with Crippen LogP contribution in [0.2, 0.25) is 0 Å². The van der Waals surface area contributed by atoms with Gasteiger partial charge in [0, 0.05) is 5.03 Å². The summed E-state index contributed by atoms with van der Waals surface area (Å²) in [7, 11) is 0. The number of hydrogen-bond donors (Lipinski definition) is 1. The summed E-state index contributed by atoms with van der Waals surface area (Å²) in [6, 6.07) is 8.68. The highest BCUT2D eigenvalue weighted by atomic mass is 35.5. The van der Waals surface area contributed by atoms with Crippen LogP contribution >= 0.6 is 11.6 Å². The molecule has 0 aliphatic carbocycles. The second-order valence-electron chi connectivity index (χ2n) is 3.35. The molecule has 0 aromatic heterocycles. The second kappa shape index (κ2) is 5.47. The minimum absolute atomic E-state index is 0.136. The summed E-state index contributed by atoms with van der Waals surface area (Å²) < 4.78 is 0. The molecule has 0 saturated heterocycles. The Kier molecular flexibility index (Phi) is 4.26. The number of Topliss-reactive ketones (excluding diaryl/α,β-unsaturated/α-hetero) is 1. The van der Waals surface area contributed by atoms with E-state index in [0.717, 1.165) is 0 Å². The number of carbonyl (C=O) groups excluding carboxylic acids is 1. The second-order valence-corrected chi connectivity index (χ2v) is 3.89. The van der Waals surface area contributed by atoms with Gasteiger partial charge >= 0.3 is 5.97 Å². The van der Waals surface area contributed by atoms with Crippen LogP contribution in [0.1, 0.15) is 17.9 Å². The molecule has 0 aliphatic rings. The van der Waals surface area contributed by atoms with Crippen LogP contribution in [0.4, 0.5) is 0 Å². The van der Waals surface area contributed by atoms with Gasteiger partial charge in [0.25, 0.3) is 0 Å². The van der Waals surface area contributed by atoms with E-state index in [1.165, 1.54) is 0 Å². The van der Waals surface area contributed by atoms with Crippen LogP contribution in [0.3, 0.4) is 0 Å². The number of hydrogen-bond acceptors (Lipinski definition) is 2. The van der Waals surface area contributed by atoms with Crippen molar-refractivity contribution < 1.29 is 14.7 Å². The average molecular weight is 239 g/mol. The van der Waals surface area contributed by atoms with Gasteiger partial charge in [0.15, 0.2) is 0 Å². The van der Waals surface area contributed by atoms with E-state index in [-0.39, 0.29) is 11.5 Å². The maximum atomic E-state index is 11.5. The van der Waals surface area contributed by atoms with Crippen molar-refractivity contribution >= 4 is 23.4 Å². The summed E-state index contributed by atoms with van der Waals surface area (Å²) in [5.41, 5.74) is 0.636. The normalized spacial score (nSPS) is 11.8. The van der Waals surface area contributed by atoms with Crippen LogP contribution in [-0.4, -0.2) is 16.9 Å². The van der Waals surface area contributed by atoms with Crippen molar-refractivity contribution in [3.8, 4) is 0 Å².